The van der Waals surface area contributed by atoms with Crippen LogP contribution in [0.2, 0.25) is 5.02 Å². The first-order valence-corrected chi connectivity index (χ1v) is 10.9. The summed E-state index contributed by atoms with van der Waals surface area (Å²) in [4.78, 5) is 12.4. The monoisotopic (exact) mass is 406 g/mol. The number of sulfonamides is 1. The normalized spacial score (nSPS) is 14.7. The maximum Gasteiger partial charge on any atom is 0.265 e. The van der Waals surface area contributed by atoms with E-state index in [1.54, 1.807) is 12.1 Å². The quantitative estimate of drug-likeness (QED) is 0.788. The highest BCUT2D eigenvalue weighted by Crippen LogP contribution is 2.35. The number of nitrogens with one attached hydrogen (secondary N) is 1. The first kappa shape index (κ1) is 19.7. The van der Waals surface area contributed by atoms with Crippen LogP contribution in [0.4, 0.5) is 5.69 Å². The highest BCUT2D eigenvalue weighted by Gasteiger charge is 2.32. The Kier molecular flexibility index (Phi) is 5.77. The van der Waals surface area contributed by atoms with Crippen LogP contribution in [0.5, 0.6) is 0 Å². The number of carbonyl (C=O) groups is 1. The Labute approximate surface area is 165 Å². The molecule has 0 aliphatic carbocycles. The number of para-hydroxylation sites is 1. The molecule has 3 rings (SSSR count). The van der Waals surface area contributed by atoms with Gasteiger partial charge in [0.15, 0.2) is 0 Å². The van der Waals surface area contributed by atoms with E-state index in [-0.39, 0.29) is 27.4 Å². The maximum atomic E-state index is 13.2. The molecule has 2 aromatic rings. The molecule has 27 heavy (non-hydrogen) atoms. The van der Waals surface area contributed by atoms with Crippen molar-refractivity contribution in [1.29, 1.82) is 0 Å². The molecule has 1 amide bonds. The largest absolute Gasteiger partial charge is 0.350 e. The SMILES string of the molecule is CCC[C@H](C)NC(=O)c1ccc(Cl)c(S(=O)(=O)N2CCc3ccccc32)c1. The Hall–Kier alpha value is -2.05. The van der Waals surface area contributed by atoms with Gasteiger partial charge in [-0.05, 0) is 49.6 Å². The fraction of sp³-hybridized carbons (Fsp3) is 0.350. The van der Waals surface area contributed by atoms with Crippen molar-refractivity contribution >= 4 is 33.2 Å². The molecule has 2 aromatic carbocycles. The van der Waals surface area contributed by atoms with Crippen LogP contribution < -0.4 is 9.62 Å². The van der Waals surface area contributed by atoms with Crippen LogP contribution in [0.1, 0.15) is 42.6 Å². The molecule has 0 radical (unpaired) electrons. The van der Waals surface area contributed by atoms with E-state index in [0.717, 1.165) is 18.4 Å². The zero-order valence-electron chi connectivity index (χ0n) is 15.4. The van der Waals surface area contributed by atoms with Gasteiger partial charge in [0.05, 0.1) is 10.7 Å². The zero-order chi connectivity index (χ0) is 19.6. The van der Waals surface area contributed by atoms with Crippen molar-refractivity contribution in [1.82, 2.24) is 5.32 Å². The van der Waals surface area contributed by atoms with Gasteiger partial charge in [-0.3, -0.25) is 9.10 Å². The minimum absolute atomic E-state index is 0.0173. The number of carbonyl (C=O) groups excluding carboxylic acids is 1. The summed E-state index contributed by atoms with van der Waals surface area (Å²) in [5, 5.41) is 3.00. The van der Waals surface area contributed by atoms with Crippen LogP contribution in [0.25, 0.3) is 0 Å². The summed E-state index contributed by atoms with van der Waals surface area (Å²) in [7, 11) is -3.86. The van der Waals surface area contributed by atoms with Crippen molar-refractivity contribution in [2.24, 2.45) is 0 Å². The van der Waals surface area contributed by atoms with Crippen molar-refractivity contribution < 1.29 is 13.2 Å². The molecule has 7 heteroatoms. The van der Waals surface area contributed by atoms with Crippen molar-refractivity contribution in [3.8, 4) is 0 Å². The summed E-state index contributed by atoms with van der Waals surface area (Å²) in [6, 6.07) is 11.8. The Balaban J connectivity index is 1.94. The fourth-order valence-electron chi connectivity index (χ4n) is 3.33. The number of benzene rings is 2. The lowest BCUT2D eigenvalue weighted by atomic mass is 10.1. The number of hydrogen-bond donors (Lipinski definition) is 1. The van der Waals surface area contributed by atoms with Gasteiger partial charge in [-0.25, -0.2) is 8.42 Å². The molecule has 0 saturated heterocycles. The summed E-state index contributed by atoms with van der Waals surface area (Å²) >= 11 is 6.21. The molecule has 0 saturated carbocycles. The Morgan fingerprint density at radius 3 is 2.74 bits per heavy atom. The van der Waals surface area contributed by atoms with Crippen molar-refractivity contribution in [3.05, 3.63) is 58.6 Å². The molecule has 1 atom stereocenters. The zero-order valence-corrected chi connectivity index (χ0v) is 17.0. The summed E-state index contributed by atoms with van der Waals surface area (Å²) in [6.07, 6.45) is 2.47. The van der Waals surface area contributed by atoms with Crippen LogP contribution >= 0.6 is 11.6 Å². The molecule has 0 aromatic heterocycles. The number of nitrogens with zero attached hydrogens (tertiary/aromatic N) is 1. The number of fused-ring (bicyclic) bond motifs is 1. The van der Waals surface area contributed by atoms with E-state index in [2.05, 4.69) is 5.32 Å². The molecule has 0 unspecified atom stereocenters. The molecule has 144 valence electrons. The van der Waals surface area contributed by atoms with Gasteiger partial charge in [0.2, 0.25) is 0 Å². The number of halogens is 1. The average molecular weight is 407 g/mol. The van der Waals surface area contributed by atoms with E-state index in [9.17, 15) is 13.2 Å². The summed E-state index contributed by atoms with van der Waals surface area (Å²) in [5.74, 6) is -0.300. The lowest BCUT2D eigenvalue weighted by Gasteiger charge is -2.21. The smallest absolute Gasteiger partial charge is 0.265 e. The number of rotatable bonds is 6. The van der Waals surface area contributed by atoms with Crippen molar-refractivity contribution in [2.45, 2.75) is 44.0 Å². The first-order valence-electron chi connectivity index (χ1n) is 9.05. The standard InChI is InChI=1S/C20H23ClN2O3S/c1-3-6-14(2)22-20(24)16-9-10-17(21)19(13-16)27(25,26)23-12-11-15-7-4-5-8-18(15)23/h4-5,7-10,13-14H,3,6,11-12H2,1-2H3,(H,22,24)/t14-/m0/s1. The third-order valence-corrected chi connectivity index (χ3v) is 7.00. The third-order valence-electron chi connectivity index (χ3n) is 4.71. The van der Waals surface area contributed by atoms with Gasteiger partial charge in [0, 0.05) is 18.2 Å². The minimum Gasteiger partial charge on any atom is -0.350 e. The van der Waals surface area contributed by atoms with E-state index >= 15 is 0 Å². The minimum atomic E-state index is -3.86. The number of hydrogen-bond acceptors (Lipinski definition) is 3. The average Bonchev–Trinajstić information content (AvgIpc) is 3.07. The fourth-order valence-corrected chi connectivity index (χ4v) is 5.34. The molecule has 1 N–H and O–H groups in total. The lowest BCUT2D eigenvalue weighted by molar-refractivity contribution is 0.0938. The van der Waals surface area contributed by atoms with E-state index in [0.29, 0.717) is 18.7 Å². The Bertz CT molecular complexity index is 959. The molecule has 0 fully saturated rings. The van der Waals surface area contributed by atoms with E-state index in [4.69, 9.17) is 11.6 Å². The molecule has 0 spiro atoms. The van der Waals surface area contributed by atoms with E-state index in [1.165, 1.54) is 16.4 Å². The molecular weight excluding hydrogens is 384 g/mol. The van der Waals surface area contributed by atoms with Gasteiger partial charge in [0.25, 0.3) is 15.9 Å². The van der Waals surface area contributed by atoms with Crippen molar-refractivity contribution in [2.75, 3.05) is 10.8 Å². The van der Waals surface area contributed by atoms with Gasteiger partial charge in [-0.1, -0.05) is 43.1 Å². The summed E-state index contributed by atoms with van der Waals surface area (Å²) in [6.45, 7) is 4.33. The molecule has 1 aliphatic rings. The van der Waals surface area contributed by atoms with Crippen LogP contribution in [0.15, 0.2) is 47.4 Å². The summed E-state index contributed by atoms with van der Waals surface area (Å²) in [5.41, 5.74) is 1.94. The topological polar surface area (TPSA) is 66.5 Å². The van der Waals surface area contributed by atoms with E-state index in [1.807, 2.05) is 32.0 Å². The Morgan fingerprint density at radius 2 is 2.00 bits per heavy atom. The lowest BCUT2D eigenvalue weighted by Crippen LogP contribution is -2.33. The highest BCUT2D eigenvalue weighted by atomic mass is 35.5. The second-order valence-corrected chi connectivity index (χ2v) is 9.00. The third kappa shape index (κ3) is 3.96. The van der Waals surface area contributed by atoms with Gasteiger partial charge in [-0.15, -0.1) is 0 Å². The molecule has 1 aliphatic heterocycles. The van der Waals surface area contributed by atoms with Crippen LogP contribution in [-0.2, 0) is 16.4 Å². The van der Waals surface area contributed by atoms with Crippen LogP contribution in [0.3, 0.4) is 0 Å². The van der Waals surface area contributed by atoms with E-state index < -0.39 is 10.0 Å². The highest BCUT2D eigenvalue weighted by molar-refractivity contribution is 7.93. The molecular formula is C20H23ClN2O3S. The van der Waals surface area contributed by atoms with Crippen LogP contribution in [-0.4, -0.2) is 26.9 Å². The molecule has 5 nitrogen and oxygen atoms in total. The predicted molar refractivity (Wildman–Crippen MR) is 108 cm³/mol. The van der Waals surface area contributed by atoms with Gasteiger partial charge in [-0.2, -0.15) is 0 Å². The predicted octanol–water partition coefficient (Wildman–Crippen LogP) is 4.01. The second kappa shape index (κ2) is 7.90. The van der Waals surface area contributed by atoms with Crippen molar-refractivity contribution in [3.63, 3.8) is 0 Å². The van der Waals surface area contributed by atoms with Gasteiger partial charge < -0.3 is 5.32 Å². The summed E-state index contributed by atoms with van der Waals surface area (Å²) < 4.78 is 27.8. The number of amides is 1. The Morgan fingerprint density at radius 1 is 1.26 bits per heavy atom. The maximum absolute atomic E-state index is 13.2. The van der Waals surface area contributed by atoms with Crippen LogP contribution in [0, 0.1) is 0 Å². The number of anilines is 1. The first-order chi connectivity index (χ1) is 12.8. The van der Waals surface area contributed by atoms with Gasteiger partial charge >= 0.3 is 0 Å². The molecule has 0 bridgehead atoms. The van der Waals surface area contributed by atoms with Gasteiger partial charge in [0.1, 0.15) is 4.90 Å². The second-order valence-electron chi connectivity index (χ2n) is 6.76. The molecule has 1 heterocycles.